The van der Waals surface area contributed by atoms with Crippen LogP contribution in [0.25, 0.3) is 0 Å². The lowest BCUT2D eigenvalue weighted by Gasteiger charge is -2.39. The quantitative estimate of drug-likeness (QED) is 0.710. The molecule has 0 radical (unpaired) electrons. The Morgan fingerprint density at radius 1 is 1.50 bits per heavy atom. The topological polar surface area (TPSA) is 38.3 Å². The van der Waals surface area contributed by atoms with Gasteiger partial charge in [-0.05, 0) is 27.7 Å². The zero-order valence-electron chi connectivity index (χ0n) is 9.19. The molecule has 1 amide bonds. The highest BCUT2D eigenvalue weighted by molar-refractivity contribution is 5.68. The van der Waals surface area contributed by atoms with Crippen LogP contribution < -0.4 is 5.32 Å². The number of carbonyl (C=O) groups excluding carboxylic acids is 1. The average molecular weight is 203 g/mol. The molecule has 0 bridgehead atoms. The second-order valence-electron chi connectivity index (χ2n) is 5.16. The molecule has 0 aromatic carbocycles. The molecule has 0 heterocycles. The van der Waals surface area contributed by atoms with E-state index in [0.717, 1.165) is 0 Å². The van der Waals surface area contributed by atoms with Gasteiger partial charge < -0.3 is 10.1 Å². The second kappa shape index (κ2) is 3.41. The van der Waals surface area contributed by atoms with Gasteiger partial charge in [-0.25, -0.2) is 9.18 Å². The van der Waals surface area contributed by atoms with Gasteiger partial charge in [0.15, 0.2) is 0 Å². The molecule has 1 aliphatic carbocycles. The van der Waals surface area contributed by atoms with E-state index in [9.17, 15) is 9.18 Å². The van der Waals surface area contributed by atoms with Crippen LogP contribution in [0.2, 0.25) is 0 Å². The third-order valence-corrected chi connectivity index (χ3v) is 2.06. The molecule has 4 heteroatoms. The van der Waals surface area contributed by atoms with E-state index in [2.05, 4.69) is 5.32 Å². The first kappa shape index (κ1) is 11.3. The monoisotopic (exact) mass is 203 g/mol. The Labute approximate surface area is 84.0 Å². The number of carbonyl (C=O) groups is 1. The third-order valence-electron chi connectivity index (χ3n) is 2.06. The normalized spacial score (nSPS) is 31.9. The Morgan fingerprint density at radius 3 is 2.36 bits per heavy atom. The number of alkyl halides is 1. The lowest BCUT2D eigenvalue weighted by molar-refractivity contribution is 0.0228. The molecule has 1 aliphatic rings. The molecule has 1 rings (SSSR count). The van der Waals surface area contributed by atoms with Crippen LogP contribution in [0.4, 0.5) is 9.18 Å². The van der Waals surface area contributed by atoms with Gasteiger partial charge in [0.25, 0.3) is 0 Å². The van der Waals surface area contributed by atoms with E-state index in [0.29, 0.717) is 12.8 Å². The van der Waals surface area contributed by atoms with Crippen LogP contribution in [0.1, 0.15) is 40.5 Å². The first-order valence-corrected chi connectivity index (χ1v) is 4.86. The maximum absolute atomic E-state index is 13.1. The number of hydrogen-bond donors (Lipinski definition) is 1. The van der Waals surface area contributed by atoms with Crippen LogP contribution in [0.5, 0.6) is 0 Å². The van der Waals surface area contributed by atoms with Crippen LogP contribution in [-0.2, 0) is 4.74 Å². The fourth-order valence-electron chi connectivity index (χ4n) is 1.54. The SMILES string of the molecule is CC1(F)CC(NC(=O)OC(C)(C)C)C1. The zero-order chi connectivity index (χ0) is 11.0. The molecule has 82 valence electrons. The number of amides is 1. The van der Waals surface area contributed by atoms with Crippen molar-refractivity contribution in [3.63, 3.8) is 0 Å². The van der Waals surface area contributed by atoms with E-state index in [1.165, 1.54) is 0 Å². The molecular weight excluding hydrogens is 185 g/mol. The highest BCUT2D eigenvalue weighted by atomic mass is 19.1. The maximum atomic E-state index is 13.1. The van der Waals surface area contributed by atoms with Gasteiger partial charge in [0, 0.05) is 18.9 Å². The minimum atomic E-state index is -1.11. The molecule has 1 saturated carbocycles. The largest absolute Gasteiger partial charge is 0.444 e. The minimum absolute atomic E-state index is 0.0696. The Balaban J connectivity index is 2.24. The first-order valence-electron chi connectivity index (χ1n) is 4.86. The van der Waals surface area contributed by atoms with Crippen molar-refractivity contribution < 1.29 is 13.9 Å². The van der Waals surface area contributed by atoms with Crippen LogP contribution >= 0.6 is 0 Å². The standard InChI is InChI=1S/C10H18FNO2/c1-9(2,3)14-8(13)12-7-5-10(4,11)6-7/h7H,5-6H2,1-4H3,(H,12,13). The third kappa shape index (κ3) is 3.52. The number of alkyl carbamates (subject to hydrolysis) is 1. The van der Waals surface area contributed by atoms with Gasteiger partial charge in [-0.2, -0.15) is 0 Å². The van der Waals surface area contributed by atoms with E-state index >= 15 is 0 Å². The molecule has 3 nitrogen and oxygen atoms in total. The Hall–Kier alpha value is -0.800. The summed E-state index contributed by atoms with van der Waals surface area (Å²) in [6.45, 7) is 6.94. The molecule has 0 saturated heterocycles. The molecule has 1 fully saturated rings. The van der Waals surface area contributed by atoms with Crippen LogP contribution in [0.3, 0.4) is 0 Å². The van der Waals surface area contributed by atoms with Crippen molar-refractivity contribution in [3.05, 3.63) is 0 Å². The molecule has 0 atom stereocenters. The molecule has 0 aromatic heterocycles. The molecule has 0 spiro atoms. The summed E-state index contributed by atoms with van der Waals surface area (Å²) in [5.41, 5.74) is -1.60. The van der Waals surface area contributed by atoms with Gasteiger partial charge in [0.2, 0.25) is 0 Å². The van der Waals surface area contributed by atoms with Crippen molar-refractivity contribution in [1.82, 2.24) is 5.32 Å². The molecular formula is C10H18FNO2. The average Bonchev–Trinajstić information content (AvgIpc) is 1.76. The van der Waals surface area contributed by atoms with E-state index in [1.54, 1.807) is 27.7 Å². The van der Waals surface area contributed by atoms with E-state index in [1.807, 2.05) is 0 Å². The summed E-state index contributed by atoms with van der Waals surface area (Å²) in [4.78, 5) is 11.2. The van der Waals surface area contributed by atoms with Gasteiger partial charge in [-0.1, -0.05) is 0 Å². The number of hydrogen-bond acceptors (Lipinski definition) is 2. The maximum Gasteiger partial charge on any atom is 0.407 e. The lowest BCUT2D eigenvalue weighted by Crippen LogP contribution is -2.52. The van der Waals surface area contributed by atoms with Gasteiger partial charge in [0.1, 0.15) is 11.3 Å². The summed E-state index contributed by atoms with van der Waals surface area (Å²) in [6.07, 6.45) is 0.302. The predicted octanol–water partition coefficient (Wildman–Crippen LogP) is 2.40. The van der Waals surface area contributed by atoms with Gasteiger partial charge >= 0.3 is 6.09 Å². The number of nitrogens with one attached hydrogen (secondary N) is 1. The fraction of sp³-hybridized carbons (Fsp3) is 0.900. The summed E-state index contributed by atoms with van der Waals surface area (Å²) < 4.78 is 18.1. The van der Waals surface area contributed by atoms with Crippen molar-refractivity contribution in [2.45, 2.75) is 57.8 Å². The molecule has 0 unspecified atom stereocenters. The Bertz CT molecular complexity index is 225. The smallest absolute Gasteiger partial charge is 0.407 e. The van der Waals surface area contributed by atoms with Gasteiger partial charge in [0.05, 0.1) is 0 Å². The zero-order valence-corrected chi connectivity index (χ0v) is 9.19. The number of rotatable bonds is 1. The summed E-state index contributed by atoms with van der Waals surface area (Å²) in [6, 6.07) is -0.0696. The summed E-state index contributed by atoms with van der Waals surface area (Å²) in [7, 11) is 0. The second-order valence-corrected chi connectivity index (χ2v) is 5.16. The van der Waals surface area contributed by atoms with E-state index in [4.69, 9.17) is 4.74 Å². The minimum Gasteiger partial charge on any atom is -0.444 e. The van der Waals surface area contributed by atoms with Gasteiger partial charge in [-0.15, -0.1) is 0 Å². The first-order chi connectivity index (χ1) is 6.18. The molecule has 0 aromatic rings. The van der Waals surface area contributed by atoms with E-state index in [-0.39, 0.29) is 6.04 Å². The van der Waals surface area contributed by atoms with Crippen molar-refractivity contribution in [1.29, 1.82) is 0 Å². The molecule has 1 N–H and O–H groups in total. The van der Waals surface area contributed by atoms with E-state index < -0.39 is 17.4 Å². The van der Waals surface area contributed by atoms with Crippen LogP contribution in [0.15, 0.2) is 0 Å². The summed E-state index contributed by atoms with van der Waals surface area (Å²) >= 11 is 0. The highest BCUT2D eigenvalue weighted by Crippen LogP contribution is 2.35. The van der Waals surface area contributed by atoms with Crippen molar-refractivity contribution in [3.8, 4) is 0 Å². The molecule has 14 heavy (non-hydrogen) atoms. The van der Waals surface area contributed by atoms with Crippen molar-refractivity contribution in [2.75, 3.05) is 0 Å². The number of ether oxygens (including phenoxy) is 1. The molecule has 0 aliphatic heterocycles. The Morgan fingerprint density at radius 2 is 2.00 bits per heavy atom. The number of halogens is 1. The predicted molar refractivity (Wildman–Crippen MR) is 51.9 cm³/mol. The van der Waals surface area contributed by atoms with Crippen LogP contribution in [0, 0.1) is 0 Å². The fourth-order valence-corrected chi connectivity index (χ4v) is 1.54. The van der Waals surface area contributed by atoms with Gasteiger partial charge in [-0.3, -0.25) is 0 Å². The highest BCUT2D eigenvalue weighted by Gasteiger charge is 2.41. The lowest BCUT2D eigenvalue weighted by atomic mass is 9.79. The Kier molecular flexibility index (Phi) is 2.74. The van der Waals surface area contributed by atoms with Crippen LogP contribution in [-0.4, -0.2) is 23.4 Å². The van der Waals surface area contributed by atoms with Crippen molar-refractivity contribution in [2.24, 2.45) is 0 Å². The summed E-state index contributed by atoms with van der Waals surface area (Å²) in [5, 5.41) is 2.63. The van der Waals surface area contributed by atoms with Crippen molar-refractivity contribution >= 4 is 6.09 Å². The summed E-state index contributed by atoms with van der Waals surface area (Å²) in [5.74, 6) is 0.